The van der Waals surface area contributed by atoms with Gasteiger partial charge in [0.2, 0.25) is 11.8 Å². The summed E-state index contributed by atoms with van der Waals surface area (Å²) in [5, 5.41) is 8.20. The highest BCUT2D eigenvalue weighted by molar-refractivity contribution is 5.97. The average Bonchev–Trinajstić information content (AvgIpc) is 3.49. The summed E-state index contributed by atoms with van der Waals surface area (Å²) in [7, 11) is 1.91. The first-order valence-electron chi connectivity index (χ1n) is 12.4. The molecule has 37 heavy (non-hydrogen) atoms. The normalized spacial score (nSPS) is 18.8. The minimum Gasteiger partial charge on any atom is -0.481 e. The van der Waals surface area contributed by atoms with E-state index in [-0.39, 0.29) is 11.9 Å². The molecule has 3 aliphatic rings. The van der Waals surface area contributed by atoms with Gasteiger partial charge in [0.15, 0.2) is 5.82 Å². The summed E-state index contributed by atoms with van der Waals surface area (Å²) < 4.78 is 14.1. The third kappa shape index (κ3) is 3.46. The lowest BCUT2D eigenvalue weighted by atomic mass is 9.90. The lowest BCUT2D eigenvalue weighted by molar-refractivity contribution is -0.117. The monoisotopic (exact) mass is 495 g/mol. The molecule has 1 amide bonds. The molecule has 1 fully saturated rings. The zero-order valence-electron chi connectivity index (χ0n) is 20.8. The molecule has 10 heteroatoms. The number of aryl methyl sites for hydroxylation is 1. The maximum Gasteiger partial charge on any atom is 0.238 e. The van der Waals surface area contributed by atoms with Crippen LogP contribution < -0.4 is 14.4 Å². The van der Waals surface area contributed by atoms with Crippen LogP contribution in [0.3, 0.4) is 0 Å². The molecule has 10 nitrogen and oxygen atoms in total. The van der Waals surface area contributed by atoms with E-state index in [0.717, 1.165) is 51.6 Å². The summed E-state index contributed by atoms with van der Waals surface area (Å²) >= 11 is 0. The van der Waals surface area contributed by atoms with Gasteiger partial charge in [-0.25, -0.2) is 15.0 Å². The molecule has 1 atom stereocenters. The van der Waals surface area contributed by atoms with Crippen molar-refractivity contribution >= 4 is 11.6 Å². The molecule has 0 spiro atoms. The molecule has 1 saturated heterocycles. The third-order valence-electron chi connectivity index (χ3n) is 7.26. The molecule has 0 radical (unpaired) electrons. The third-order valence-corrected chi connectivity index (χ3v) is 7.26. The number of nitrogens with zero attached hydrogens (tertiary/aromatic N) is 7. The second kappa shape index (κ2) is 7.83. The first-order valence-corrected chi connectivity index (χ1v) is 12.4. The van der Waals surface area contributed by atoms with E-state index in [0.29, 0.717) is 31.2 Å². The highest BCUT2D eigenvalue weighted by Crippen LogP contribution is 2.45. The minimum atomic E-state index is -0.657. The van der Waals surface area contributed by atoms with Crippen LogP contribution in [-0.4, -0.2) is 48.3 Å². The van der Waals surface area contributed by atoms with Gasteiger partial charge in [-0.3, -0.25) is 4.79 Å². The Bertz CT molecular complexity index is 1580. The molecule has 186 valence electrons. The molecule has 6 heterocycles. The van der Waals surface area contributed by atoms with Gasteiger partial charge in [0.25, 0.3) is 0 Å². The zero-order valence-corrected chi connectivity index (χ0v) is 20.8. The second-order valence-corrected chi connectivity index (χ2v) is 10.2. The van der Waals surface area contributed by atoms with Crippen molar-refractivity contribution in [2.24, 2.45) is 7.05 Å². The Balaban J connectivity index is 1.22. The number of ether oxygens (including phenoxy) is 2. The number of amides is 1. The molecule has 0 bridgehead atoms. The Morgan fingerprint density at radius 3 is 2.86 bits per heavy atom. The Morgan fingerprint density at radius 1 is 1.14 bits per heavy atom. The van der Waals surface area contributed by atoms with Crippen LogP contribution in [0.2, 0.25) is 0 Å². The average molecular weight is 496 g/mol. The quantitative estimate of drug-likeness (QED) is 0.425. The van der Waals surface area contributed by atoms with Crippen LogP contribution in [0, 0.1) is 0 Å². The Morgan fingerprint density at radius 2 is 2.03 bits per heavy atom. The van der Waals surface area contributed by atoms with Crippen molar-refractivity contribution in [3.8, 4) is 34.1 Å². The number of aromatic nitrogens is 6. The van der Waals surface area contributed by atoms with Gasteiger partial charge in [0.1, 0.15) is 35.8 Å². The topological polar surface area (TPSA) is 108 Å². The van der Waals surface area contributed by atoms with E-state index in [1.807, 2.05) is 60.8 Å². The number of anilines is 1. The van der Waals surface area contributed by atoms with Crippen LogP contribution in [0.4, 0.5) is 5.69 Å². The van der Waals surface area contributed by atoms with Gasteiger partial charge in [-0.2, -0.15) is 0 Å². The predicted octanol–water partition coefficient (Wildman–Crippen LogP) is 3.44. The van der Waals surface area contributed by atoms with Gasteiger partial charge in [0.05, 0.1) is 11.7 Å². The number of benzene rings is 1. The van der Waals surface area contributed by atoms with Gasteiger partial charge in [-0.15, -0.1) is 10.2 Å². The van der Waals surface area contributed by atoms with Crippen LogP contribution in [0.5, 0.6) is 11.6 Å². The standard InChI is InChI=1S/C27H25N7O3/c1-27(2)24-19(18-6-4-16(10-21(18)37-27)25-32-30-14-33(25)3)12-28-22(31-24)9-15-8-20-26(29-11-15)36-13-17-5-7-23(35)34(17)20/h4,6,8,10-12,14,17H,5,7,9,13H2,1-3H3/t17-/m0/s1. The summed E-state index contributed by atoms with van der Waals surface area (Å²) in [6, 6.07) is 8.09. The number of carbonyl (C=O) groups excluding carboxylic acids is 1. The van der Waals surface area contributed by atoms with E-state index >= 15 is 0 Å². The van der Waals surface area contributed by atoms with E-state index in [9.17, 15) is 4.79 Å². The molecule has 0 saturated carbocycles. The molecular weight excluding hydrogens is 470 g/mol. The van der Waals surface area contributed by atoms with Crippen molar-refractivity contribution in [1.29, 1.82) is 0 Å². The Kier molecular flexibility index (Phi) is 4.63. The zero-order chi connectivity index (χ0) is 25.3. The lowest BCUT2D eigenvalue weighted by Crippen LogP contribution is -2.40. The SMILES string of the molecule is Cn1cnnc1-c1ccc2c(c1)OC(C)(C)c1nc(Cc3cnc4c(c3)N3C(=O)CC[C@H]3CO4)ncc1-2. The van der Waals surface area contributed by atoms with Crippen LogP contribution in [0.25, 0.3) is 22.5 Å². The maximum absolute atomic E-state index is 12.5. The molecule has 3 aromatic heterocycles. The van der Waals surface area contributed by atoms with E-state index in [2.05, 4.69) is 15.2 Å². The van der Waals surface area contributed by atoms with Crippen LogP contribution in [0.15, 0.2) is 43.0 Å². The summed E-state index contributed by atoms with van der Waals surface area (Å²) in [5.74, 6) is 2.83. The predicted molar refractivity (Wildman–Crippen MR) is 134 cm³/mol. The highest BCUT2D eigenvalue weighted by atomic mass is 16.5. The van der Waals surface area contributed by atoms with E-state index in [1.165, 1.54) is 0 Å². The maximum atomic E-state index is 12.5. The number of rotatable bonds is 3. The van der Waals surface area contributed by atoms with Gasteiger partial charge in [-0.05, 0) is 44.0 Å². The molecule has 4 aromatic rings. The molecule has 0 unspecified atom stereocenters. The molecule has 1 aromatic carbocycles. The Labute approximate surface area is 213 Å². The number of hydrogen-bond acceptors (Lipinski definition) is 8. The summed E-state index contributed by atoms with van der Waals surface area (Å²) in [6.45, 7) is 4.52. The van der Waals surface area contributed by atoms with Crippen molar-refractivity contribution in [1.82, 2.24) is 29.7 Å². The van der Waals surface area contributed by atoms with E-state index in [4.69, 9.17) is 19.4 Å². The molecule has 3 aliphatic heterocycles. The summed E-state index contributed by atoms with van der Waals surface area (Å²) in [4.78, 5) is 28.4. The lowest BCUT2D eigenvalue weighted by Gasteiger charge is -2.34. The second-order valence-electron chi connectivity index (χ2n) is 10.2. The smallest absolute Gasteiger partial charge is 0.238 e. The fourth-order valence-corrected chi connectivity index (χ4v) is 5.45. The molecule has 7 rings (SSSR count). The van der Waals surface area contributed by atoms with Gasteiger partial charge in [-0.1, -0.05) is 6.07 Å². The van der Waals surface area contributed by atoms with Crippen molar-refractivity contribution in [3.05, 3.63) is 60.1 Å². The first-order chi connectivity index (χ1) is 17.9. The summed E-state index contributed by atoms with van der Waals surface area (Å²) in [5.41, 5.74) is 4.66. The van der Waals surface area contributed by atoms with E-state index in [1.54, 1.807) is 12.5 Å². The number of pyridine rings is 1. The fraction of sp³-hybridized carbons (Fsp3) is 0.333. The minimum absolute atomic E-state index is 0.0873. The van der Waals surface area contributed by atoms with Gasteiger partial charge >= 0.3 is 0 Å². The van der Waals surface area contributed by atoms with Crippen molar-refractivity contribution in [2.75, 3.05) is 11.5 Å². The highest BCUT2D eigenvalue weighted by Gasteiger charge is 2.38. The van der Waals surface area contributed by atoms with Crippen LogP contribution in [-0.2, 0) is 23.9 Å². The van der Waals surface area contributed by atoms with Crippen LogP contribution in [0.1, 0.15) is 43.8 Å². The first kappa shape index (κ1) is 21.9. The van der Waals surface area contributed by atoms with E-state index < -0.39 is 5.60 Å². The van der Waals surface area contributed by atoms with Gasteiger partial charge < -0.3 is 18.9 Å². The fourth-order valence-electron chi connectivity index (χ4n) is 5.45. The largest absolute Gasteiger partial charge is 0.481 e. The summed E-state index contributed by atoms with van der Waals surface area (Å²) in [6.07, 6.45) is 7.16. The molecule has 0 aliphatic carbocycles. The number of carbonyl (C=O) groups is 1. The Hall–Kier alpha value is -4.34. The van der Waals surface area contributed by atoms with Crippen molar-refractivity contribution in [3.63, 3.8) is 0 Å². The van der Waals surface area contributed by atoms with Crippen LogP contribution >= 0.6 is 0 Å². The number of hydrogen-bond donors (Lipinski definition) is 0. The molecule has 0 N–H and O–H groups in total. The van der Waals surface area contributed by atoms with Gasteiger partial charge in [0, 0.05) is 49.0 Å². The molecular formula is C27H25N7O3. The number of fused-ring (bicyclic) bond motifs is 6. The van der Waals surface area contributed by atoms with Crippen molar-refractivity contribution < 1.29 is 14.3 Å². The van der Waals surface area contributed by atoms with Crippen molar-refractivity contribution in [2.45, 2.75) is 44.8 Å².